The Morgan fingerprint density at radius 1 is 1.24 bits per heavy atom. The summed E-state index contributed by atoms with van der Waals surface area (Å²) >= 11 is 0. The van der Waals surface area contributed by atoms with Crippen LogP contribution >= 0.6 is 0 Å². The van der Waals surface area contributed by atoms with Crippen LogP contribution in [0.5, 0.6) is 0 Å². The molecular weight excluding hydrogens is 293 g/mol. The molecule has 21 heavy (non-hydrogen) atoms. The fraction of sp³-hybridized carbons (Fsp3) is 0.0714. The van der Waals surface area contributed by atoms with Crippen molar-refractivity contribution in [3.05, 3.63) is 53.3 Å². The van der Waals surface area contributed by atoms with Crippen LogP contribution in [0, 0.1) is 24.1 Å². The summed E-state index contributed by atoms with van der Waals surface area (Å²) in [6.07, 6.45) is 0. The molecule has 0 unspecified atom stereocenters. The maximum Gasteiger partial charge on any atom is 0.263 e. The Hall–Kier alpha value is -2.59. The molecule has 0 aliphatic carbocycles. The first-order valence-electron chi connectivity index (χ1n) is 5.92. The van der Waals surface area contributed by atoms with Gasteiger partial charge in [-0.1, -0.05) is 6.07 Å². The van der Waals surface area contributed by atoms with Gasteiger partial charge in [0.25, 0.3) is 10.0 Å². The first kappa shape index (κ1) is 14.8. The maximum absolute atomic E-state index is 13.2. The molecule has 0 atom stereocenters. The minimum Gasteiger partial charge on any atom is -0.398 e. The number of nitrogens with two attached hydrogens (primary N) is 1. The number of benzene rings is 2. The highest BCUT2D eigenvalue weighted by Crippen LogP contribution is 2.24. The first-order valence-corrected chi connectivity index (χ1v) is 7.40. The van der Waals surface area contributed by atoms with Crippen LogP contribution in [0.15, 0.2) is 41.3 Å². The maximum atomic E-state index is 13.2. The monoisotopic (exact) mass is 305 g/mol. The number of sulfonamides is 1. The van der Waals surface area contributed by atoms with Gasteiger partial charge in [-0.2, -0.15) is 5.26 Å². The van der Waals surface area contributed by atoms with E-state index in [0.717, 1.165) is 6.07 Å². The van der Waals surface area contributed by atoms with Crippen molar-refractivity contribution in [2.45, 2.75) is 11.8 Å². The normalized spacial score (nSPS) is 10.9. The van der Waals surface area contributed by atoms with E-state index in [2.05, 4.69) is 4.72 Å². The number of anilines is 2. The Balaban J connectivity index is 2.44. The number of nitrogens with zero attached hydrogens (tertiary/aromatic N) is 1. The zero-order valence-electron chi connectivity index (χ0n) is 11.1. The molecule has 0 saturated heterocycles. The van der Waals surface area contributed by atoms with Crippen molar-refractivity contribution in [1.82, 2.24) is 0 Å². The molecule has 7 heteroatoms. The molecule has 0 spiro atoms. The minimum absolute atomic E-state index is 0.0457. The predicted molar refractivity (Wildman–Crippen MR) is 77.5 cm³/mol. The lowest BCUT2D eigenvalue weighted by molar-refractivity contribution is 0.601. The fourth-order valence-electron chi connectivity index (χ4n) is 1.77. The molecule has 2 aromatic carbocycles. The van der Waals surface area contributed by atoms with E-state index in [9.17, 15) is 12.8 Å². The third kappa shape index (κ3) is 3.12. The lowest BCUT2D eigenvalue weighted by atomic mass is 10.2. The highest BCUT2D eigenvalue weighted by molar-refractivity contribution is 7.92. The number of nitrogen functional groups attached to an aromatic ring is 1. The topological polar surface area (TPSA) is 96.0 Å². The summed E-state index contributed by atoms with van der Waals surface area (Å²) in [6, 6.07) is 9.53. The van der Waals surface area contributed by atoms with Crippen LogP contribution in [0.1, 0.15) is 11.1 Å². The second-order valence-electron chi connectivity index (χ2n) is 4.43. The lowest BCUT2D eigenvalue weighted by Gasteiger charge is -2.12. The van der Waals surface area contributed by atoms with Gasteiger partial charge in [0.1, 0.15) is 10.7 Å². The van der Waals surface area contributed by atoms with E-state index in [0.29, 0.717) is 5.56 Å². The van der Waals surface area contributed by atoms with E-state index in [-0.39, 0.29) is 21.8 Å². The zero-order chi connectivity index (χ0) is 15.6. The van der Waals surface area contributed by atoms with Crippen molar-refractivity contribution in [2.75, 3.05) is 10.5 Å². The number of aryl methyl sites for hydroxylation is 1. The summed E-state index contributed by atoms with van der Waals surface area (Å²) in [5.74, 6) is -0.550. The SMILES string of the molecule is Cc1ccc(F)cc1NS(=O)(=O)c1ccc(C#N)cc1N. The molecule has 0 aromatic heterocycles. The molecular formula is C14H12FN3O2S. The van der Waals surface area contributed by atoms with Crippen LogP contribution < -0.4 is 10.5 Å². The molecule has 0 aliphatic rings. The van der Waals surface area contributed by atoms with E-state index < -0.39 is 15.8 Å². The van der Waals surface area contributed by atoms with E-state index >= 15 is 0 Å². The van der Waals surface area contributed by atoms with Crippen LogP contribution in [0.2, 0.25) is 0 Å². The molecule has 0 saturated carbocycles. The van der Waals surface area contributed by atoms with Gasteiger partial charge in [-0.15, -0.1) is 0 Å². The second kappa shape index (κ2) is 5.42. The summed E-state index contributed by atoms with van der Waals surface area (Å²) in [5, 5.41) is 8.75. The number of nitriles is 1. The predicted octanol–water partition coefficient (Wildman–Crippen LogP) is 2.39. The first-order chi connectivity index (χ1) is 9.83. The molecule has 5 nitrogen and oxygen atoms in total. The number of nitrogens with one attached hydrogen (secondary N) is 1. The van der Waals surface area contributed by atoms with Gasteiger partial charge in [-0.25, -0.2) is 12.8 Å². The molecule has 0 bridgehead atoms. The Morgan fingerprint density at radius 2 is 1.95 bits per heavy atom. The Bertz CT molecular complexity index is 842. The van der Waals surface area contributed by atoms with Crippen LogP contribution in [0.4, 0.5) is 15.8 Å². The van der Waals surface area contributed by atoms with Crippen molar-refractivity contribution in [3.63, 3.8) is 0 Å². The van der Waals surface area contributed by atoms with Gasteiger partial charge in [-0.05, 0) is 42.8 Å². The van der Waals surface area contributed by atoms with Crippen molar-refractivity contribution in [2.24, 2.45) is 0 Å². The highest BCUT2D eigenvalue weighted by atomic mass is 32.2. The molecule has 108 valence electrons. The molecule has 0 radical (unpaired) electrons. The van der Waals surface area contributed by atoms with Crippen LogP contribution in [-0.4, -0.2) is 8.42 Å². The third-order valence-corrected chi connectivity index (χ3v) is 4.31. The summed E-state index contributed by atoms with van der Waals surface area (Å²) in [6.45, 7) is 1.65. The van der Waals surface area contributed by atoms with E-state index in [1.165, 1.54) is 30.3 Å². The average molecular weight is 305 g/mol. The van der Waals surface area contributed by atoms with Gasteiger partial charge in [0.15, 0.2) is 0 Å². The van der Waals surface area contributed by atoms with Gasteiger partial charge in [0.05, 0.1) is 23.0 Å². The van der Waals surface area contributed by atoms with Crippen LogP contribution in [0.3, 0.4) is 0 Å². The van der Waals surface area contributed by atoms with Crippen molar-refractivity contribution < 1.29 is 12.8 Å². The molecule has 3 N–H and O–H groups in total. The number of rotatable bonds is 3. The number of hydrogen-bond acceptors (Lipinski definition) is 4. The van der Waals surface area contributed by atoms with Gasteiger partial charge in [0.2, 0.25) is 0 Å². The van der Waals surface area contributed by atoms with Gasteiger partial charge in [-0.3, -0.25) is 4.72 Å². The van der Waals surface area contributed by atoms with Crippen molar-refractivity contribution >= 4 is 21.4 Å². The van der Waals surface area contributed by atoms with Gasteiger partial charge >= 0.3 is 0 Å². The Morgan fingerprint density at radius 3 is 2.57 bits per heavy atom. The van der Waals surface area contributed by atoms with Crippen LogP contribution in [0.25, 0.3) is 0 Å². The lowest BCUT2D eigenvalue weighted by Crippen LogP contribution is -2.15. The summed E-state index contributed by atoms with van der Waals surface area (Å²) < 4.78 is 40.1. The van der Waals surface area contributed by atoms with E-state index in [1.807, 2.05) is 6.07 Å². The van der Waals surface area contributed by atoms with Crippen molar-refractivity contribution in [1.29, 1.82) is 5.26 Å². The van der Waals surface area contributed by atoms with Gasteiger partial charge in [0, 0.05) is 0 Å². The molecule has 0 fully saturated rings. The van der Waals surface area contributed by atoms with E-state index in [1.54, 1.807) is 6.92 Å². The molecule has 2 rings (SSSR count). The number of hydrogen-bond donors (Lipinski definition) is 2. The second-order valence-corrected chi connectivity index (χ2v) is 6.08. The zero-order valence-corrected chi connectivity index (χ0v) is 11.9. The minimum atomic E-state index is -3.96. The quantitative estimate of drug-likeness (QED) is 0.851. The Labute approximate surface area is 121 Å². The Kier molecular flexibility index (Phi) is 3.82. The highest BCUT2D eigenvalue weighted by Gasteiger charge is 2.19. The van der Waals surface area contributed by atoms with E-state index in [4.69, 9.17) is 11.0 Å². The largest absolute Gasteiger partial charge is 0.398 e. The standard InChI is InChI=1S/C14H12FN3O2S/c1-9-2-4-11(15)7-13(9)18-21(19,20)14-5-3-10(8-16)6-12(14)17/h2-7,18H,17H2,1H3. The van der Waals surface area contributed by atoms with Gasteiger partial charge < -0.3 is 5.73 Å². The average Bonchev–Trinajstić information content (AvgIpc) is 2.42. The smallest absolute Gasteiger partial charge is 0.263 e. The third-order valence-electron chi connectivity index (χ3n) is 2.87. The number of halogens is 1. The summed E-state index contributed by atoms with van der Waals surface area (Å²) in [4.78, 5) is -0.162. The summed E-state index contributed by atoms with van der Waals surface area (Å²) in [5.41, 5.74) is 6.59. The molecule has 0 heterocycles. The molecule has 0 amide bonds. The fourth-order valence-corrected chi connectivity index (χ4v) is 3.00. The summed E-state index contributed by atoms with van der Waals surface area (Å²) in [7, 11) is -3.96. The van der Waals surface area contributed by atoms with Crippen molar-refractivity contribution in [3.8, 4) is 6.07 Å². The molecule has 0 aliphatic heterocycles. The molecule has 2 aromatic rings. The van der Waals surface area contributed by atoms with Crippen LogP contribution in [-0.2, 0) is 10.0 Å².